The number of rotatable bonds is 3. The fourth-order valence-electron chi connectivity index (χ4n) is 1.55. The molecule has 1 heterocycles. The second-order valence-corrected chi connectivity index (χ2v) is 4.37. The van der Waals surface area contributed by atoms with Crippen LogP contribution in [0.4, 0.5) is 10.1 Å². The highest BCUT2D eigenvalue weighted by atomic mass is 19.1. The van der Waals surface area contributed by atoms with Gasteiger partial charge in [0.05, 0.1) is 0 Å². The molecule has 6 heteroatoms. The molecule has 20 heavy (non-hydrogen) atoms. The van der Waals surface area contributed by atoms with Crippen molar-refractivity contribution in [3.05, 3.63) is 48.0 Å². The number of aromatic nitrogens is 1. The number of carbonyl (C=O) groups excluding carboxylic acids is 1. The van der Waals surface area contributed by atoms with Gasteiger partial charge in [-0.05, 0) is 18.2 Å². The Hall–Kier alpha value is -2.63. The van der Waals surface area contributed by atoms with Crippen LogP contribution in [0.2, 0.25) is 0 Å². The van der Waals surface area contributed by atoms with E-state index in [4.69, 9.17) is 10.5 Å². The normalized spacial score (nSPS) is 10.2. The zero-order chi connectivity index (χ0) is 14.7. The Morgan fingerprint density at radius 2 is 2.05 bits per heavy atom. The van der Waals surface area contributed by atoms with Gasteiger partial charge in [-0.25, -0.2) is 4.39 Å². The Morgan fingerprint density at radius 1 is 1.30 bits per heavy atom. The molecule has 0 fully saturated rings. The van der Waals surface area contributed by atoms with Crippen molar-refractivity contribution >= 4 is 11.6 Å². The number of nitrogen functional groups attached to an aromatic ring is 1. The van der Waals surface area contributed by atoms with E-state index in [1.807, 2.05) is 0 Å². The number of pyridine rings is 1. The molecule has 0 aliphatic carbocycles. The molecule has 2 aromatic rings. The molecule has 5 nitrogen and oxygen atoms in total. The molecule has 1 amide bonds. The second-order valence-electron chi connectivity index (χ2n) is 4.37. The summed E-state index contributed by atoms with van der Waals surface area (Å²) in [5.74, 6) is -0.460. The summed E-state index contributed by atoms with van der Waals surface area (Å²) in [4.78, 5) is 17.1. The summed E-state index contributed by atoms with van der Waals surface area (Å²) in [6.07, 6.45) is 1.43. The zero-order valence-electron chi connectivity index (χ0n) is 11.1. The third kappa shape index (κ3) is 3.03. The van der Waals surface area contributed by atoms with Crippen molar-refractivity contribution in [2.45, 2.75) is 0 Å². The predicted octanol–water partition coefficient (Wildman–Crippen LogP) is 2.30. The average molecular weight is 275 g/mol. The van der Waals surface area contributed by atoms with Gasteiger partial charge in [-0.2, -0.15) is 0 Å². The lowest BCUT2D eigenvalue weighted by molar-refractivity contribution is 0.0821. The number of hydrogen-bond acceptors (Lipinski definition) is 4. The van der Waals surface area contributed by atoms with E-state index >= 15 is 0 Å². The van der Waals surface area contributed by atoms with Crippen molar-refractivity contribution in [3.8, 4) is 11.5 Å². The van der Waals surface area contributed by atoms with Gasteiger partial charge in [0.15, 0.2) is 11.6 Å². The molecule has 2 rings (SSSR count). The van der Waals surface area contributed by atoms with Crippen molar-refractivity contribution in [2.24, 2.45) is 0 Å². The monoisotopic (exact) mass is 275 g/mol. The molecule has 0 unspecified atom stereocenters. The van der Waals surface area contributed by atoms with Crippen LogP contribution in [0.1, 0.15) is 10.5 Å². The number of halogens is 1. The van der Waals surface area contributed by atoms with Crippen LogP contribution in [-0.2, 0) is 0 Å². The molecule has 104 valence electrons. The third-order valence-electron chi connectivity index (χ3n) is 2.54. The smallest absolute Gasteiger partial charge is 0.272 e. The first-order chi connectivity index (χ1) is 9.47. The summed E-state index contributed by atoms with van der Waals surface area (Å²) in [5, 5.41) is 0. The SMILES string of the molecule is CN(C)C(=O)c1cc(Oc2ccc(N)cc2F)ccn1. The van der Waals surface area contributed by atoms with Gasteiger partial charge in [0, 0.05) is 38.1 Å². The van der Waals surface area contributed by atoms with Crippen LogP contribution in [0.3, 0.4) is 0 Å². The van der Waals surface area contributed by atoms with Crippen molar-refractivity contribution < 1.29 is 13.9 Å². The van der Waals surface area contributed by atoms with E-state index in [0.717, 1.165) is 0 Å². The molecule has 1 aromatic carbocycles. The van der Waals surface area contributed by atoms with Crippen molar-refractivity contribution in [3.63, 3.8) is 0 Å². The predicted molar refractivity (Wildman–Crippen MR) is 73.1 cm³/mol. The van der Waals surface area contributed by atoms with Crippen molar-refractivity contribution in [1.29, 1.82) is 0 Å². The first-order valence-corrected chi connectivity index (χ1v) is 5.88. The Morgan fingerprint density at radius 3 is 2.70 bits per heavy atom. The van der Waals surface area contributed by atoms with Crippen LogP contribution in [-0.4, -0.2) is 29.9 Å². The lowest BCUT2D eigenvalue weighted by Crippen LogP contribution is -2.22. The molecule has 0 spiro atoms. The molecule has 0 radical (unpaired) electrons. The number of anilines is 1. The largest absolute Gasteiger partial charge is 0.454 e. The maximum absolute atomic E-state index is 13.6. The van der Waals surface area contributed by atoms with Crippen LogP contribution in [0, 0.1) is 5.82 Å². The molecular weight excluding hydrogens is 261 g/mol. The highest BCUT2D eigenvalue weighted by molar-refractivity contribution is 5.92. The standard InChI is InChI=1S/C14H14FN3O2/c1-18(2)14(19)12-8-10(5-6-17-12)20-13-4-3-9(16)7-11(13)15/h3-8H,16H2,1-2H3. The average Bonchev–Trinajstić information content (AvgIpc) is 2.41. The van der Waals surface area contributed by atoms with Gasteiger partial charge >= 0.3 is 0 Å². The van der Waals surface area contributed by atoms with Crippen molar-refractivity contribution in [1.82, 2.24) is 9.88 Å². The zero-order valence-corrected chi connectivity index (χ0v) is 11.1. The van der Waals surface area contributed by atoms with Gasteiger partial charge in [-0.15, -0.1) is 0 Å². The fraction of sp³-hybridized carbons (Fsp3) is 0.143. The van der Waals surface area contributed by atoms with Crippen LogP contribution < -0.4 is 10.5 Å². The van der Waals surface area contributed by atoms with Gasteiger partial charge < -0.3 is 15.4 Å². The minimum Gasteiger partial charge on any atom is -0.454 e. The Balaban J connectivity index is 2.26. The van der Waals surface area contributed by atoms with Gasteiger partial charge in [0.1, 0.15) is 11.4 Å². The molecule has 0 bridgehead atoms. The lowest BCUT2D eigenvalue weighted by atomic mass is 10.3. The van der Waals surface area contributed by atoms with E-state index in [0.29, 0.717) is 11.4 Å². The number of ether oxygens (including phenoxy) is 1. The number of benzene rings is 1. The van der Waals surface area contributed by atoms with E-state index in [9.17, 15) is 9.18 Å². The van der Waals surface area contributed by atoms with E-state index < -0.39 is 5.82 Å². The van der Waals surface area contributed by atoms with E-state index in [1.165, 1.54) is 35.4 Å². The van der Waals surface area contributed by atoms with Crippen LogP contribution in [0.5, 0.6) is 11.5 Å². The molecule has 2 N–H and O–H groups in total. The maximum atomic E-state index is 13.6. The first-order valence-electron chi connectivity index (χ1n) is 5.88. The van der Waals surface area contributed by atoms with Gasteiger partial charge in [-0.1, -0.05) is 0 Å². The highest BCUT2D eigenvalue weighted by Gasteiger charge is 2.11. The van der Waals surface area contributed by atoms with Crippen LogP contribution >= 0.6 is 0 Å². The summed E-state index contributed by atoms with van der Waals surface area (Å²) in [6, 6.07) is 7.13. The van der Waals surface area contributed by atoms with Gasteiger partial charge in [0.25, 0.3) is 5.91 Å². The minimum atomic E-state index is -0.567. The number of hydrogen-bond donors (Lipinski definition) is 1. The Labute approximate surface area is 115 Å². The summed E-state index contributed by atoms with van der Waals surface area (Å²) in [6.45, 7) is 0. The maximum Gasteiger partial charge on any atom is 0.272 e. The topological polar surface area (TPSA) is 68.5 Å². The molecule has 0 saturated carbocycles. The van der Waals surface area contributed by atoms with E-state index in [2.05, 4.69) is 4.98 Å². The van der Waals surface area contributed by atoms with Gasteiger partial charge in [-0.3, -0.25) is 9.78 Å². The number of carbonyl (C=O) groups is 1. The molecule has 1 aromatic heterocycles. The van der Waals surface area contributed by atoms with Crippen LogP contribution in [0.15, 0.2) is 36.5 Å². The fourth-order valence-corrected chi connectivity index (χ4v) is 1.55. The highest BCUT2D eigenvalue weighted by Crippen LogP contribution is 2.26. The molecular formula is C14H14FN3O2. The van der Waals surface area contributed by atoms with E-state index in [1.54, 1.807) is 20.2 Å². The number of nitrogens with zero attached hydrogens (tertiary/aromatic N) is 2. The van der Waals surface area contributed by atoms with Crippen molar-refractivity contribution in [2.75, 3.05) is 19.8 Å². The molecule has 0 atom stereocenters. The summed E-state index contributed by atoms with van der Waals surface area (Å²) in [7, 11) is 3.24. The Kier molecular flexibility index (Phi) is 3.84. The first kappa shape index (κ1) is 13.8. The van der Waals surface area contributed by atoms with Crippen LogP contribution in [0.25, 0.3) is 0 Å². The molecule has 0 saturated heterocycles. The second kappa shape index (κ2) is 5.56. The third-order valence-corrected chi connectivity index (χ3v) is 2.54. The quantitative estimate of drug-likeness (QED) is 0.873. The number of nitrogens with two attached hydrogens (primary N) is 1. The molecule has 0 aliphatic rings. The lowest BCUT2D eigenvalue weighted by Gasteiger charge is -2.11. The van der Waals surface area contributed by atoms with Gasteiger partial charge in [0.2, 0.25) is 0 Å². The Bertz CT molecular complexity index is 644. The number of amides is 1. The molecule has 0 aliphatic heterocycles. The summed E-state index contributed by atoms with van der Waals surface area (Å²) >= 11 is 0. The van der Waals surface area contributed by atoms with E-state index in [-0.39, 0.29) is 17.4 Å². The summed E-state index contributed by atoms with van der Waals surface area (Å²) < 4.78 is 19.0. The minimum absolute atomic E-state index is 0.0358. The summed E-state index contributed by atoms with van der Waals surface area (Å²) in [5.41, 5.74) is 6.00.